The zero-order chi connectivity index (χ0) is 17.7. The normalized spacial score (nSPS) is 10.5. The molecule has 0 aliphatic carbocycles. The lowest BCUT2D eigenvalue weighted by Gasteiger charge is -2.26. The fourth-order valence-corrected chi connectivity index (χ4v) is 2.41. The van der Waals surface area contributed by atoms with E-state index in [1.54, 1.807) is 17.9 Å². The van der Waals surface area contributed by atoms with Crippen LogP contribution in [-0.2, 0) is 9.53 Å². The zero-order valence-electron chi connectivity index (χ0n) is 14.0. The first-order valence-corrected chi connectivity index (χ1v) is 7.74. The van der Waals surface area contributed by atoms with Gasteiger partial charge in [-0.1, -0.05) is 24.3 Å². The molecule has 2 aromatic rings. The second-order valence-corrected chi connectivity index (χ2v) is 5.79. The van der Waals surface area contributed by atoms with Gasteiger partial charge in [0.2, 0.25) is 0 Å². The quantitative estimate of drug-likeness (QED) is 0.856. The highest BCUT2D eigenvalue weighted by Gasteiger charge is 2.21. The Labute approximate surface area is 141 Å². The molecule has 5 heteroatoms. The van der Waals surface area contributed by atoms with Crippen molar-refractivity contribution < 1.29 is 19.4 Å². The van der Waals surface area contributed by atoms with Crippen molar-refractivity contribution in [3.8, 4) is 5.75 Å². The summed E-state index contributed by atoms with van der Waals surface area (Å²) in [5.74, 6) is -1.20. The van der Waals surface area contributed by atoms with Gasteiger partial charge in [-0.25, -0.2) is 4.79 Å². The maximum atomic E-state index is 12.4. The van der Waals surface area contributed by atoms with E-state index in [-0.39, 0.29) is 29.9 Å². The van der Waals surface area contributed by atoms with E-state index in [9.17, 15) is 14.7 Å². The van der Waals surface area contributed by atoms with Gasteiger partial charge in [-0.15, -0.1) is 0 Å². The molecule has 1 N–H and O–H groups in total. The number of phenolic OH excluding ortho intramolecular Hbond substituents is 1. The van der Waals surface area contributed by atoms with Crippen LogP contribution < -0.4 is 4.90 Å². The minimum Gasteiger partial charge on any atom is -0.507 e. The van der Waals surface area contributed by atoms with Gasteiger partial charge in [-0.2, -0.15) is 0 Å². The van der Waals surface area contributed by atoms with Crippen LogP contribution in [0.1, 0.15) is 29.8 Å². The van der Waals surface area contributed by atoms with Gasteiger partial charge in [0, 0.05) is 11.7 Å². The van der Waals surface area contributed by atoms with Gasteiger partial charge in [-0.05, 0) is 50.6 Å². The minimum atomic E-state index is -0.724. The lowest BCUT2D eigenvalue weighted by atomic mass is 10.1. The standard InChI is InChI=1S/C19H21NO4/c1-13(2)20(15-7-5-4-6-8-15)18(22)12-24-19(23)16-10-9-14(3)11-17(16)21/h4-11,13,21H,12H2,1-3H3. The number of amides is 1. The van der Waals surface area contributed by atoms with E-state index in [0.29, 0.717) is 0 Å². The van der Waals surface area contributed by atoms with E-state index >= 15 is 0 Å². The number of carbonyl (C=O) groups excluding carboxylic acids is 2. The first-order chi connectivity index (χ1) is 11.4. The molecule has 2 rings (SSSR count). The van der Waals surface area contributed by atoms with Crippen LogP contribution in [-0.4, -0.2) is 29.6 Å². The summed E-state index contributed by atoms with van der Waals surface area (Å²) in [7, 11) is 0. The van der Waals surface area contributed by atoms with Crippen LogP contribution in [0.15, 0.2) is 48.5 Å². The molecule has 0 radical (unpaired) electrons. The fraction of sp³-hybridized carbons (Fsp3) is 0.263. The Morgan fingerprint density at radius 2 is 1.79 bits per heavy atom. The Hall–Kier alpha value is -2.82. The van der Waals surface area contributed by atoms with E-state index < -0.39 is 5.97 Å². The van der Waals surface area contributed by atoms with Crippen LogP contribution in [0.2, 0.25) is 0 Å². The zero-order valence-corrected chi connectivity index (χ0v) is 14.0. The van der Waals surface area contributed by atoms with E-state index in [0.717, 1.165) is 11.3 Å². The smallest absolute Gasteiger partial charge is 0.342 e. The summed E-state index contributed by atoms with van der Waals surface area (Å²) in [6.07, 6.45) is 0. The molecule has 0 saturated carbocycles. The van der Waals surface area contributed by atoms with Gasteiger partial charge in [0.1, 0.15) is 11.3 Å². The van der Waals surface area contributed by atoms with Crippen molar-refractivity contribution in [2.75, 3.05) is 11.5 Å². The molecule has 0 aliphatic rings. The summed E-state index contributed by atoms with van der Waals surface area (Å²) < 4.78 is 5.07. The number of rotatable bonds is 5. The first-order valence-electron chi connectivity index (χ1n) is 7.74. The van der Waals surface area contributed by atoms with Crippen LogP contribution in [0.4, 0.5) is 5.69 Å². The molecule has 126 valence electrons. The third-order valence-electron chi connectivity index (χ3n) is 3.52. The summed E-state index contributed by atoms with van der Waals surface area (Å²) in [5.41, 5.74) is 1.62. The summed E-state index contributed by atoms with van der Waals surface area (Å²) in [4.78, 5) is 26.1. The van der Waals surface area contributed by atoms with Gasteiger partial charge < -0.3 is 14.7 Å². The molecular formula is C19H21NO4. The molecule has 5 nitrogen and oxygen atoms in total. The molecule has 0 aliphatic heterocycles. The average molecular weight is 327 g/mol. The molecule has 0 saturated heterocycles. The van der Waals surface area contributed by atoms with Crippen molar-refractivity contribution in [2.45, 2.75) is 26.8 Å². The van der Waals surface area contributed by atoms with Crippen molar-refractivity contribution in [3.05, 3.63) is 59.7 Å². The van der Waals surface area contributed by atoms with Crippen LogP contribution >= 0.6 is 0 Å². The van der Waals surface area contributed by atoms with E-state index in [1.165, 1.54) is 12.1 Å². The number of esters is 1. The number of carbonyl (C=O) groups is 2. The molecule has 0 aromatic heterocycles. The van der Waals surface area contributed by atoms with Crippen LogP contribution in [0.5, 0.6) is 5.75 Å². The highest BCUT2D eigenvalue weighted by atomic mass is 16.5. The second-order valence-electron chi connectivity index (χ2n) is 5.79. The largest absolute Gasteiger partial charge is 0.507 e. The molecule has 2 aromatic carbocycles. The SMILES string of the molecule is Cc1ccc(C(=O)OCC(=O)N(c2ccccc2)C(C)C)c(O)c1. The van der Waals surface area contributed by atoms with Crippen LogP contribution in [0.25, 0.3) is 0 Å². The maximum Gasteiger partial charge on any atom is 0.342 e. The summed E-state index contributed by atoms with van der Waals surface area (Å²) in [5, 5.41) is 9.81. The summed E-state index contributed by atoms with van der Waals surface area (Å²) >= 11 is 0. The van der Waals surface area contributed by atoms with Crippen molar-refractivity contribution >= 4 is 17.6 Å². The molecule has 0 atom stereocenters. The first kappa shape index (κ1) is 17.5. The number of anilines is 1. The Balaban J connectivity index is 2.07. The van der Waals surface area contributed by atoms with Crippen LogP contribution in [0.3, 0.4) is 0 Å². The molecule has 0 bridgehead atoms. The molecular weight excluding hydrogens is 306 g/mol. The Morgan fingerprint density at radius 3 is 2.38 bits per heavy atom. The number of aryl methyl sites for hydroxylation is 1. The summed E-state index contributed by atoms with van der Waals surface area (Å²) in [6.45, 7) is 5.19. The highest BCUT2D eigenvalue weighted by molar-refractivity contribution is 5.98. The molecule has 24 heavy (non-hydrogen) atoms. The summed E-state index contributed by atoms with van der Waals surface area (Å²) in [6, 6.07) is 13.8. The number of para-hydroxylation sites is 1. The Kier molecular flexibility index (Phi) is 5.58. The van der Waals surface area contributed by atoms with Gasteiger partial charge in [0.15, 0.2) is 6.61 Å². The number of benzene rings is 2. The highest BCUT2D eigenvalue weighted by Crippen LogP contribution is 2.20. The number of phenols is 1. The lowest BCUT2D eigenvalue weighted by molar-refractivity contribution is -0.122. The number of hydrogen-bond donors (Lipinski definition) is 1. The van der Waals surface area contributed by atoms with Gasteiger partial charge in [0.05, 0.1) is 0 Å². The molecule has 0 heterocycles. The second kappa shape index (κ2) is 7.64. The number of hydrogen-bond acceptors (Lipinski definition) is 4. The van der Waals surface area contributed by atoms with E-state index in [4.69, 9.17) is 4.74 Å². The van der Waals surface area contributed by atoms with E-state index in [1.807, 2.05) is 44.2 Å². The van der Waals surface area contributed by atoms with Crippen molar-refractivity contribution in [1.29, 1.82) is 0 Å². The van der Waals surface area contributed by atoms with Crippen molar-refractivity contribution in [1.82, 2.24) is 0 Å². The van der Waals surface area contributed by atoms with Gasteiger partial charge >= 0.3 is 5.97 Å². The Morgan fingerprint density at radius 1 is 1.12 bits per heavy atom. The average Bonchev–Trinajstić information content (AvgIpc) is 2.53. The molecule has 1 amide bonds. The molecule has 0 unspecified atom stereocenters. The van der Waals surface area contributed by atoms with E-state index in [2.05, 4.69) is 0 Å². The third kappa shape index (κ3) is 4.13. The maximum absolute atomic E-state index is 12.4. The Bertz CT molecular complexity index is 725. The molecule has 0 fully saturated rings. The molecule has 0 spiro atoms. The number of nitrogens with zero attached hydrogens (tertiary/aromatic N) is 1. The van der Waals surface area contributed by atoms with Gasteiger partial charge in [-0.3, -0.25) is 4.79 Å². The number of aromatic hydroxyl groups is 1. The van der Waals surface area contributed by atoms with Crippen molar-refractivity contribution in [2.24, 2.45) is 0 Å². The number of ether oxygens (including phenoxy) is 1. The van der Waals surface area contributed by atoms with Crippen molar-refractivity contribution in [3.63, 3.8) is 0 Å². The topological polar surface area (TPSA) is 66.8 Å². The predicted molar refractivity (Wildman–Crippen MR) is 92.2 cm³/mol. The monoisotopic (exact) mass is 327 g/mol. The minimum absolute atomic E-state index is 0.0456. The van der Waals surface area contributed by atoms with Crippen LogP contribution in [0, 0.1) is 6.92 Å². The fourth-order valence-electron chi connectivity index (χ4n) is 2.41. The third-order valence-corrected chi connectivity index (χ3v) is 3.52. The van der Waals surface area contributed by atoms with Gasteiger partial charge in [0.25, 0.3) is 5.91 Å². The predicted octanol–water partition coefficient (Wildman–Crippen LogP) is 3.30. The lowest BCUT2D eigenvalue weighted by Crippen LogP contribution is -2.39.